The Labute approximate surface area is 140 Å². The number of hydrogen-bond donors (Lipinski definition) is 2. The molecule has 2 N–H and O–H groups in total. The van der Waals surface area contributed by atoms with Crippen molar-refractivity contribution in [1.82, 2.24) is 9.38 Å². The molecular formula is C19H21N3O2. The summed E-state index contributed by atoms with van der Waals surface area (Å²) in [5, 5.41) is 14.3. The number of imidazole rings is 1. The van der Waals surface area contributed by atoms with Crippen LogP contribution in [-0.2, 0) is 4.74 Å². The van der Waals surface area contributed by atoms with Crippen LogP contribution in [-0.4, -0.2) is 27.7 Å². The molecule has 1 aliphatic heterocycles. The van der Waals surface area contributed by atoms with Gasteiger partial charge < -0.3 is 19.6 Å². The molecule has 124 valence electrons. The zero-order chi connectivity index (χ0) is 16.8. The third-order valence-electron chi connectivity index (χ3n) is 4.97. The van der Waals surface area contributed by atoms with Gasteiger partial charge in [0.2, 0.25) is 0 Å². The van der Waals surface area contributed by atoms with Gasteiger partial charge in [-0.1, -0.05) is 30.3 Å². The Hall–Kier alpha value is -2.37. The van der Waals surface area contributed by atoms with Crippen molar-refractivity contribution in [2.45, 2.75) is 32.1 Å². The third-order valence-corrected chi connectivity index (χ3v) is 4.97. The van der Waals surface area contributed by atoms with Crippen molar-refractivity contribution >= 4 is 11.3 Å². The smallest absolute Gasteiger partial charge is 0.161 e. The van der Waals surface area contributed by atoms with E-state index in [1.807, 2.05) is 49.5 Å². The second-order valence-electron chi connectivity index (χ2n) is 6.30. The first-order valence-electron chi connectivity index (χ1n) is 8.12. The van der Waals surface area contributed by atoms with Crippen LogP contribution in [0.3, 0.4) is 0 Å². The lowest BCUT2D eigenvalue weighted by Crippen LogP contribution is -2.37. The van der Waals surface area contributed by atoms with E-state index in [0.717, 1.165) is 33.8 Å². The SMILES string of the molecule is CO[C@@H]1c2ccn3c(C)c(C)nc3c2N[C@@H](c2ccccc2)[C@@H]1O. The number of aliphatic hydroxyl groups excluding tert-OH is 1. The molecule has 0 saturated heterocycles. The second-order valence-corrected chi connectivity index (χ2v) is 6.30. The summed E-state index contributed by atoms with van der Waals surface area (Å²) >= 11 is 0. The molecule has 0 unspecified atom stereocenters. The number of aromatic nitrogens is 2. The number of nitrogens with one attached hydrogen (secondary N) is 1. The minimum atomic E-state index is -0.676. The highest BCUT2D eigenvalue weighted by Gasteiger charge is 2.37. The van der Waals surface area contributed by atoms with E-state index in [2.05, 4.69) is 16.6 Å². The molecule has 5 heteroatoms. The summed E-state index contributed by atoms with van der Waals surface area (Å²) in [5.41, 5.74) is 5.89. The van der Waals surface area contributed by atoms with Gasteiger partial charge in [0, 0.05) is 24.6 Å². The third kappa shape index (κ3) is 2.12. The van der Waals surface area contributed by atoms with Crippen LogP contribution in [0.4, 0.5) is 5.69 Å². The number of aryl methyl sites for hydroxylation is 2. The van der Waals surface area contributed by atoms with Gasteiger partial charge in [-0.15, -0.1) is 0 Å². The molecule has 2 aromatic heterocycles. The van der Waals surface area contributed by atoms with E-state index in [1.165, 1.54) is 0 Å². The monoisotopic (exact) mass is 323 g/mol. The number of nitrogens with zero attached hydrogens (tertiary/aromatic N) is 2. The first-order chi connectivity index (χ1) is 11.6. The summed E-state index contributed by atoms with van der Waals surface area (Å²) in [4.78, 5) is 4.71. The molecule has 0 radical (unpaired) electrons. The predicted octanol–water partition coefficient (Wildman–Crippen LogP) is 3.17. The van der Waals surface area contributed by atoms with Gasteiger partial charge >= 0.3 is 0 Å². The van der Waals surface area contributed by atoms with Crippen LogP contribution in [0.25, 0.3) is 5.65 Å². The number of ether oxygens (including phenoxy) is 1. The molecule has 3 atom stereocenters. The van der Waals surface area contributed by atoms with Crippen LogP contribution in [0.2, 0.25) is 0 Å². The van der Waals surface area contributed by atoms with Crippen LogP contribution < -0.4 is 5.32 Å². The normalized spacial score (nSPS) is 23.1. The van der Waals surface area contributed by atoms with E-state index in [9.17, 15) is 5.11 Å². The van der Waals surface area contributed by atoms with Gasteiger partial charge in [-0.05, 0) is 25.5 Å². The molecule has 3 aromatic rings. The fraction of sp³-hybridized carbons (Fsp3) is 0.316. The largest absolute Gasteiger partial charge is 0.388 e. The van der Waals surface area contributed by atoms with Crippen molar-refractivity contribution in [3.8, 4) is 0 Å². The number of pyridine rings is 1. The average molecular weight is 323 g/mol. The maximum absolute atomic E-state index is 10.8. The molecule has 0 aliphatic carbocycles. The van der Waals surface area contributed by atoms with Gasteiger partial charge in [-0.2, -0.15) is 0 Å². The molecule has 0 spiro atoms. The maximum Gasteiger partial charge on any atom is 0.161 e. The summed E-state index contributed by atoms with van der Waals surface area (Å²) in [7, 11) is 1.64. The summed E-state index contributed by atoms with van der Waals surface area (Å²) in [6.07, 6.45) is 0.922. The number of methoxy groups -OCH3 is 1. The highest BCUT2D eigenvalue weighted by Crippen LogP contribution is 2.42. The molecule has 1 aliphatic rings. The molecule has 4 rings (SSSR count). The number of anilines is 1. The Balaban J connectivity index is 1.91. The van der Waals surface area contributed by atoms with E-state index in [1.54, 1.807) is 7.11 Å². The summed E-state index contributed by atoms with van der Waals surface area (Å²) in [5.74, 6) is 0. The fourth-order valence-corrected chi connectivity index (χ4v) is 3.54. The Kier molecular flexibility index (Phi) is 3.55. The van der Waals surface area contributed by atoms with Crippen molar-refractivity contribution in [1.29, 1.82) is 0 Å². The molecule has 24 heavy (non-hydrogen) atoms. The number of fused-ring (bicyclic) bond motifs is 3. The summed E-state index contributed by atoms with van der Waals surface area (Å²) in [6.45, 7) is 4.07. The molecule has 0 amide bonds. The Morgan fingerprint density at radius 2 is 1.92 bits per heavy atom. The highest BCUT2D eigenvalue weighted by molar-refractivity contribution is 5.75. The van der Waals surface area contributed by atoms with E-state index in [0.29, 0.717) is 0 Å². The molecular weight excluding hydrogens is 302 g/mol. The lowest BCUT2D eigenvalue weighted by atomic mass is 9.89. The van der Waals surface area contributed by atoms with Crippen molar-refractivity contribution in [2.24, 2.45) is 0 Å². The van der Waals surface area contributed by atoms with Crippen LogP contribution in [0, 0.1) is 13.8 Å². The van der Waals surface area contributed by atoms with Crippen LogP contribution in [0.1, 0.15) is 34.7 Å². The fourth-order valence-electron chi connectivity index (χ4n) is 3.54. The van der Waals surface area contributed by atoms with Gasteiger partial charge in [0.1, 0.15) is 12.2 Å². The number of hydrogen-bond acceptors (Lipinski definition) is 4. The van der Waals surface area contributed by atoms with Crippen molar-refractivity contribution in [2.75, 3.05) is 12.4 Å². The molecule has 5 nitrogen and oxygen atoms in total. The predicted molar refractivity (Wildman–Crippen MR) is 93.2 cm³/mol. The maximum atomic E-state index is 10.8. The Bertz CT molecular complexity index is 889. The quantitative estimate of drug-likeness (QED) is 0.760. The molecule has 1 aromatic carbocycles. The summed E-state index contributed by atoms with van der Waals surface area (Å²) < 4.78 is 7.72. The molecule has 0 fully saturated rings. The number of aliphatic hydroxyl groups is 1. The Morgan fingerprint density at radius 3 is 2.62 bits per heavy atom. The molecule has 0 bridgehead atoms. The number of benzene rings is 1. The van der Waals surface area contributed by atoms with Crippen molar-refractivity contribution < 1.29 is 9.84 Å². The zero-order valence-corrected chi connectivity index (χ0v) is 14.0. The van der Waals surface area contributed by atoms with E-state index in [-0.39, 0.29) is 6.04 Å². The highest BCUT2D eigenvalue weighted by atomic mass is 16.5. The molecule has 0 saturated carbocycles. The topological polar surface area (TPSA) is 58.8 Å². The average Bonchev–Trinajstić information content (AvgIpc) is 2.90. The van der Waals surface area contributed by atoms with Crippen molar-refractivity contribution in [3.63, 3.8) is 0 Å². The first kappa shape index (κ1) is 15.2. The minimum absolute atomic E-state index is 0.243. The van der Waals surface area contributed by atoms with Gasteiger partial charge in [-0.25, -0.2) is 4.98 Å². The van der Waals surface area contributed by atoms with E-state index < -0.39 is 12.2 Å². The zero-order valence-electron chi connectivity index (χ0n) is 14.0. The standard InChI is InChI=1S/C19H21N3O2/c1-11-12(2)22-10-9-14-16(19(22)20-11)21-15(17(23)18(14)24-3)13-7-5-4-6-8-13/h4-10,15,17-18,21,23H,1-3H3/t15-,17-,18+/m0/s1. The lowest BCUT2D eigenvalue weighted by molar-refractivity contribution is -0.0268. The van der Waals surface area contributed by atoms with Gasteiger partial charge in [0.15, 0.2) is 5.65 Å². The second kappa shape index (κ2) is 5.61. The van der Waals surface area contributed by atoms with Gasteiger partial charge in [0.25, 0.3) is 0 Å². The van der Waals surface area contributed by atoms with E-state index >= 15 is 0 Å². The van der Waals surface area contributed by atoms with Crippen LogP contribution in [0.15, 0.2) is 42.6 Å². The molecule has 3 heterocycles. The summed E-state index contributed by atoms with van der Waals surface area (Å²) in [6, 6.07) is 11.7. The minimum Gasteiger partial charge on any atom is -0.388 e. The van der Waals surface area contributed by atoms with Crippen LogP contribution in [0.5, 0.6) is 0 Å². The van der Waals surface area contributed by atoms with Gasteiger partial charge in [-0.3, -0.25) is 0 Å². The van der Waals surface area contributed by atoms with E-state index in [4.69, 9.17) is 9.72 Å². The first-order valence-corrected chi connectivity index (χ1v) is 8.12. The Morgan fingerprint density at radius 1 is 1.17 bits per heavy atom. The van der Waals surface area contributed by atoms with Crippen molar-refractivity contribution in [3.05, 3.63) is 65.1 Å². The van der Waals surface area contributed by atoms with Gasteiger partial charge in [0.05, 0.1) is 17.4 Å². The van der Waals surface area contributed by atoms with Crippen LogP contribution >= 0.6 is 0 Å². The number of rotatable bonds is 2. The lowest BCUT2D eigenvalue weighted by Gasteiger charge is -2.37.